The van der Waals surface area contributed by atoms with Crippen LogP contribution in [0.15, 0.2) is 30.3 Å². The van der Waals surface area contributed by atoms with E-state index in [1.54, 1.807) is 4.68 Å². The molecule has 1 aromatic heterocycles. The molecule has 0 radical (unpaired) electrons. The fourth-order valence-electron chi connectivity index (χ4n) is 3.19. The van der Waals surface area contributed by atoms with Gasteiger partial charge in [-0.25, -0.2) is 0 Å². The lowest BCUT2D eigenvalue weighted by Crippen LogP contribution is -2.42. The Morgan fingerprint density at radius 2 is 1.96 bits per heavy atom. The summed E-state index contributed by atoms with van der Waals surface area (Å²) in [5.41, 5.74) is 2.83. The lowest BCUT2D eigenvalue weighted by molar-refractivity contribution is 0.0585. The third kappa shape index (κ3) is 4.03. The number of likely N-dealkylation sites (tertiary alicyclic amines) is 1. The normalized spacial score (nSPS) is 15.6. The van der Waals surface area contributed by atoms with Gasteiger partial charge in [-0.15, -0.1) is 0 Å². The van der Waals surface area contributed by atoms with Gasteiger partial charge in [0.05, 0.1) is 5.69 Å². The zero-order chi connectivity index (χ0) is 18.0. The monoisotopic (exact) mass is 341 g/mol. The van der Waals surface area contributed by atoms with Gasteiger partial charge >= 0.3 is 0 Å². The Morgan fingerprint density at radius 3 is 2.56 bits per heavy atom. The average Bonchev–Trinajstić information content (AvgIpc) is 2.97. The molecule has 0 saturated carbocycles. The predicted octanol–water partition coefficient (Wildman–Crippen LogP) is 3.54. The Labute approximate surface area is 149 Å². The second kappa shape index (κ2) is 7.30. The van der Waals surface area contributed by atoms with Gasteiger partial charge in [-0.05, 0) is 36.6 Å². The van der Waals surface area contributed by atoms with Gasteiger partial charge in [0.2, 0.25) is 0 Å². The van der Waals surface area contributed by atoms with Gasteiger partial charge in [0.1, 0.15) is 17.5 Å². The number of hydrogen-bond donors (Lipinski definition) is 0. The first-order valence-electron chi connectivity index (χ1n) is 9.00. The van der Waals surface area contributed by atoms with Crippen molar-refractivity contribution in [3.05, 3.63) is 47.3 Å². The Hall–Kier alpha value is -2.30. The molecule has 1 saturated heterocycles. The van der Waals surface area contributed by atoms with Gasteiger partial charge in [0, 0.05) is 33.0 Å². The Morgan fingerprint density at radius 1 is 1.24 bits per heavy atom. The van der Waals surface area contributed by atoms with Crippen LogP contribution < -0.4 is 4.74 Å². The molecule has 0 atom stereocenters. The summed E-state index contributed by atoms with van der Waals surface area (Å²) < 4.78 is 7.78. The number of nitrogens with zero attached hydrogens (tertiary/aromatic N) is 3. The lowest BCUT2D eigenvalue weighted by Gasteiger charge is -2.32. The van der Waals surface area contributed by atoms with Crippen molar-refractivity contribution in [3.8, 4) is 5.75 Å². The van der Waals surface area contributed by atoms with Crippen LogP contribution in [0.3, 0.4) is 0 Å². The SMILES string of the molecule is Cc1cccc(OC2CCN(C(=O)c3cc(C(C)C)nn3C)CC2)c1. The number of carbonyl (C=O) groups excluding carboxylic acids is 1. The van der Waals surface area contributed by atoms with E-state index in [9.17, 15) is 4.79 Å². The summed E-state index contributed by atoms with van der Waals surface area (Å²) in [7, 11) is 1.84. The minimum atomic E-state index is 0.0657. The van der Waals surface area contributed by atoms with Crippen molar-refractivity contribution in [2.24, 2.45) is 7.05 Å². The van der Waals surface area contributed by atoms with E-state index in [-0.39, 0.29) is 12.0 Å². The van der Waals surface area contributed by atoms with E-state index in [4.69, 9.17) is 4.74 Å². The second-order valence-corrected chi connectivity index (χ2v) is 7.16. The van der Waals surface area contributed by atoms with Crippen LogP contribution in [0.1, 0.15) is 54.4 Å². The molecule has 1 aliphatic rings. The lowest BCUT2D eigenvalue weighted by atomic mass is 10.1. The number of piperidine rings is 1. The molecule has 0 spiro atoms. The van der Waals surface area contributed by atoms with E-state index in [1.165, 1.54) is 5.56 Å². The summed E-state index contributed by atoms with van der Waals surface area (Å²) in [6.07, 6.45) is 1.88. The highest BCUT2D eigenvalue weighted by molar-refractivity contribution is 5.92. The predicted molar refractivity (Wildman–Crippen MR) is 98.0 cm³/mol. The maximum atomic E-state index is 12.8. The van der Waals surface area contributed by atoms with E-state index in [1.807, 2.05) is 30.1 Å². The molecule has 0 unspecified atom stereocenters. The van der Waals surface area contributed by atoms with Crippen molar-refractivity contribution in [1.29, 1.82) is 0 Å². The summed E-state index contributed by atoms with van der Waals surface area (Å²) in [6.45, 7) is 7.68. The number of ether oxygens (including phenoxy) is 1. The van der Waals surface area contributed by atoms with Crippen molar-refractivity contribution < 1.29 is 9.53 Å². The van der Waals surface area contributed by atoms with Gasteiger partial charge in [-0.1, -0.05) is 26.0 Å². The molecule has 1 aliphatic heterocycles. The van der Waals surface area contributed by atoms with Crippen LogP contribution in [0.25, 0.3) is 0 Å². The molecule has 5 nitrogen and oxygen atoms in total. The molecule has 1 fully saturated rings. The molecular weight excluding hydrogens is 314 g/mol. The number of rotatable bonds is 4. The van der Waals surface area contributed by atoms with Crippen LogP contribution in [0.4, 0.5) is 0 Å². The van der Waals surface area contributed by atoms with Gasteiger partial charge in [0.25, 0.3) is 5.91 Å². The van der Waals surface area contributed by atoms with Crippen LogP contribution in [0, 0.1) is 6.92 Å². The maximum Gasteiger partial charge on any atom is 0.272 e. The summed E-state index contributed by atoms with van der Waals surface area (Å²) in [4.78, 5) is 14.7. The number of hydrogen-bond acceptors (Lipinski definition) is 3. The van der Waals surface area contributed by atoms with E-state index in [0.29, 0.717) is 11.6 Å². The van der Waals surface area contributed by atoms with Crippen LogP contribution in [0.2, 0.25) is 0 Å². The van der Waals surface area contributed by atoms with Crippen molar-refractivity contribution in [2.45, 2.75) is 45.6 Å². The minimum Gasteiger partial charge on any atom is -0.490 e. The number of aryl methyl sites for hydroxylation is 2. The largest absolute Gasteiger partial charge is 0.490 e. The minimum absolute atomic E-state index is 0.0657. The molecule has 3 rings (SSSR count). The average molecular weight is 341 g/mol. The van der Waals surface area contributed by atoms with Crippen molar-refractivity contribution in [1.82, 2.24) is 14.7 Å². The number of carbonyl (C=O) groups is 1. The van der Waals surface area contributed by atoms with Gasteiger partial charge in [0.15, 0.2) is 0 Å². The highest BCUT2D eigenvalue weighted by Gasteiger charge is 2.27. The summed E-state index contributed by atoms with van der Waals surface area (Å²) in [5.74, 6) is 1.30. The Balaban J connectivity index is 1.59. The van der Waals surface area contributed by atoms with Crippen molar-refractivity contribution >= 4 is 5.91 Å². The molecule has 5 heteroatoms. The van der Waals surface area contributed by atoms with Crippen LogP contribution >= 0.6 is 0 Å². The highest BCUT2D eigenvalue weighted by Crippen LogP contribution is 2.22. The summed E-state index contributed by atoms with van der Waals surface area (Å²) in [6, 6.07) is 10.0. The van der Waals surface area contributed by atoms with Gasteiger partial charge in [-0.2, -0.15) is 5.10 Å². The molecular formula is C20H27N3O2. The number of amides is 1. The smallest absolute Gasteiger partial charge is 0.272 e. The summed E-state index contributed by atoms with van der Waals surface area (Å²) in [5, 5.41) is 4.45. The van der Waals surface area contributed by atoms with E-state index in [0.717, 1.165) is 37.4 Å². The third-order valence-electron chi connectivity index (χ3n) is 4.73. The first-order valence-corrected chi connectivity index (χ1v) is 9.00. The molecule has 0 N–H and O–H groups in total. The third-order valence-corrected chi connectivity index (χ3v) is 4.73. The quantitative estimate of drug-likeness (QED) is 0.854. The van der Waals surface area contributed by atoms with Crippen LogP contribution in [-0.2, 0) is 7.05 Å². The zero-order valence-corrected chi connectivity index (χ0v) is 15.5. The standard InChI is InChI=1S/C20H27N3O2/c1-14(2)18-13-19(22(4)21-18)20(24)23-10-8-16(9-11-23)25-17-7-5-6-15(3)12-17/h5-7,12-14,16H,8-11H2,1-4H3. The molecule has 1 amide bonds. The van der Waals surface area contributed by atoms with Gasteiger partial charge in [-0.3, -0.25) is 9.48 Å². The Bertz CT molecular complexity index is 743. The highest BCUT2D eigenvalue weighted by atomic mass is 16.5. The topological polar surface area (TPSA) is 47.4 Å². The number of benzene rings is 1. The van der Waals surface area contributed by atoms with Crippen LogP contribution in [0.5, 0.6) is 5.75 Å². The van der Waals surface area contributed by atoms with Crippen LogP contribution in [-0.4, -0.2) is 39.8 Å². The molecule has 0 bridgehead atoms. The fourth-order valence-corrected chi connectivity index (χ4v) is 3.19. The zero-order valence-electron chi connectivity index (χ0n) is 15.5. The van der Waals surface area contributed by atoms with Crippen molar-refractivity contribution in [3.63, 3.8) is 0 Å². The van der Waals surface area contributed by atoms with Crippen molar-refractivity contribution in [2.75, 3.05) is 13.1 Å². The molecule has 134 valence electrons. The second-order valence-electron chi connectivity index (χ2n) is 7.16. The van der Waals surface area contributed by atoms with E-state index >= 15 is 0 Å². The number of aromatic nitrogens is 2. The summed E-state index contributed by atoms with van der Waals surface area (Å²) >= 11 is 0. The first kappa shape index (κ1) is 17.5. The molecule has 2 heterocycles. The molecule has 25 heavy (non-hydrogen) atoms. The van der Waals surface area contributed by atoms with E-state index in [2.05, 4.69) is 38.0 Å². The fraction of sp³-hybridized carbons (Fsp3) is 0.500. The Kier molecular flexibility index (Phi) is 5.11. The van der Waals surface area contributed by atoms with E-state index < -0.39 is 0 Å². The first-order chi connectivity index (χ1) is 11.9. The maximum absolute atomic E-state index is 12.8. The van der Waals surface area contributed by atoms with Gasteiger partial charge < -0.3 is 9.64 Å². The molecule has 2 aromatic rings. The molecule has 0 aliphatic carbocycles. The molecule has 1 aromatic carbocycles.